The Kier molecular flexibility index (Phi) is 3.38. The van der Waals surface area contributed by atoms with Crippen LogP contribution in [0, 0.1) is 11.7 Å². The molecule has 1 aromatic rings. The molecule has 17 heavy (non-hydrogen) atoms. The molecule has 1 fully saturated rings. The molecule has 0 unspecified atom stereocenters. The summed E-state index contributed by atoms with van der Waals surface area (Å²) in [4.78, 5) is 0. The summed E-state index contributed by atoms with van der Waals surface area (Å²) in [5.41, 5.74) is -0.575. The molecule has 1 saturated carbocycles. The van der Waals surface area contributed by atoms with Crippen molar-refractivity contribution in [2.24, 2.45) is 5.92 Å². The van der Waals surface area contributed by atoms with Gasteiger partial charge >= 0.3 is 0 Å². The van der Waals surface area contributed by atoms with Gasteiger partial charge in [0.15, 0.2) is 0 Å². The minimum absolute atomic E-state index is 0.349. The van der Waals surface area contributed by atoms with E-state index >= 15 is 0 Å². The molecule has 2 nitrogen and oxygen atoms in total. The Morgan fingerprint density at radius 3 is 2.65 bits per heavy atom. The Bertz CT molecular complexity index is 392. The number of halogens is 1. The Morgan fingerprint density at radius 1 is 1.41 bits per heavy atom. The highest BCUT2D eigenvalue weighted by Crippen LogP contribution is 2.32. The van der Waals surface area contributed by atoms with E-state index in [9.17, 15) is 9.50 Å². The minimum Gasteiger partial charge on any atom is -0.493 e. The van der Waals surface area contributed by atoms with E-state index in [-0.39, 0.29) is 5.82 Å². The third-order valence-electron chi connectivity index (χ3n) is 3.30. The fourth-order valence-corrected chi connectivity index (χ4v) is 1.97. The van der Waals surface area contributed by atoms with Crippen LogP contribution < -0.4 is 4.74 Å². The molecule has 0 bridgehead atoms. The fraction of sp³-hybridized carbons (Fsp3) is 0.571. The number of benzene rings is 1. The summed E-state index contributed by atoms with van der Waals surface area (Å²) in [6.07, 6.45) is 3.69. The molecular formula is C14H19FO2. The summed E-state index contributed by atoms with van der Waals surface area (Å²) in [5.74, 6) is 0.860. The molecule has 0 aliphatic heterocycles. The van der Waals surface area contributed by atoms with Gasteiger partial charge in [-0.3, -0.25) is 0 Å². The van der Waals surface area contributed by atoms with E-state index in [0.717, 1.165) is 0 Å². The molecule has 1 aliphatic rings. The first-order valence-corrected chi connectivity index (χ1v) is 6.12. The Labute approximate surface area is 101 Å². The molecule has 0 atom stereocenters. The predicted molar refractivity (Wildman–Crippen MR) is 64.5 cm³/mol. The second kappa shape index (κ2) is 4.65. The average Bonchev–Trinajstić information content (AvgIpc) is 2.16. The van der Waals surface area contributed by atoms with Crippen LogP contribution in [0.2, 0.25) is 0 Å². The zero-order valence-corrected chi connectivity index (χ0v) is 10.4. The number of hydrogen-bond donors (Lipinski definition) is 1. The maximum atomic E-state index is 13.2. The van der Waals surface area contributed by atoms with Gasteiger partial charge in [-0.25, -0.2) is 4.39 Å². The molecule has 2 rings (SSSR count). The largest absolute Gasteiger partial charge is 0.493 e. The van der Waals surface area contributed by atoms with Gasteiger partial charge in [0.25, 0.3) is 0 Å². The van der Waals surface area contributed by atoms with Crippen molar-refractivity contribution in [3.05, 3.63) is 29.6 Å². The van der Waals surface area contributed by atoms with Crippen molar-refractivity contribution in [1.82, 2.24) is 0 Å². The summed E-state index contributed by atoms with van der Waals surface area (Å²) >= 11 is 0. The zero-order valence-electron chi connectivity index (χ0n) is 10.4. The molecule has 1 aliphatic carbocycles. The van der Waals surface area contributed by atoms with Crippen LogP contribution >= 0.6 is 0 Å². The minimum atomic E-state index is -1.09. The number of aliphatic hydroxyl groups is 1. The van der Waals surface area contributed by atoms with Crippen molar-refractivity contribution in [2.75, 3.05) is 6.61 Å². The van der Waals surface area contributed by atoms with Crippen LogP contribution in [0.5, 0.6) is 5.75 Å². The van der Waals surface area contributed by atoms with Gasteiger partial charge in [0, 0.05) is 5.56 Å². The first-order chi connectivity index (χ1) is 7.97. The smallest absolute Gasteiger partial charge is 0.125 e. The second-order valence-electron chi connectivity index (χ2n) is 5.31. The van der Waals surface area contributed by atoms with Crippen LogP contribution in [0.3, 0.4) is 0 Å². The molecular weight excluding hydrogens is 219 g/mol. The molecule has 0 aromatic heterocycles. The van der Waals surface area contributed by atoms with Gasteiger partial charge in [0.05, 0.1) is 12.2 Å². The summed E-state index contributed by atoms with van der Waals surface area (Å²) in [6.45, 7) is 3.94. The van der Waals surface area contributed by atoms with Crippen LogP contribution in [0.1, 0.15) is 38.7 Å². The summed E-state index contributed by atoms with van der Waals surface area (Å²) in [6, 6.07) is 4.31. The molecule has 0 heterocycles. The summed E-state index contributed by atoms with van der Waals surface area (Å²) in [7, 11) is 0. The highest BCUT2D eigenvalue weighted by Gasteiger charge is 2.23. The van der Waals surface area contributed by atoms with Crippen LogP contribution in [-0.4, -0.2) is 11.7 Å². The summed E-state index contributed by atoms with van der Waals surface area (Å²) in [5, 5.41) is 9.98. The van der Waals surface area contributed by atoms with E-state index in [4.69, 9.17) is 4.74 Å². The summed E-state index contributed by atoms with van der Waals surface area (Å²) < 4.78 is 18.9. The lowest BCUT2D eigenvalue weighted by atomic mass is 9.86. The third kappa shape index (κ3) is 2.97. The Morgan fingerprint density at radius 2 is 2.12 bits per heavy atom. The number of hydrogen-bond acceptors (Lipinski definition) is 2. The molecule has 0 saturated heterocycles. The van der Waals surface area contributed by atoms with Crippen molar-refractivity contribution in [2.45, 2.75) is 38.7 Å². The van der Waals surface area contributed by atoms with Crippen molar-refractivity contribution >= 4 is 0 Å². The topological polar surface area (TPSA) is 29.5 Å². The van der Waals surface area contributed by atoms with Crippen molar-refractivity contribution in [1.29, 1.82) is 0 Å². The van der Waals surface area contributed by atoms with E-state index in [1.807, 2.05) is 0 Å². The van der Waals surface area contributed by atoms with Gasteiger partial charge < -0.3 is 9.84 Å². The van der Waals surface area contributed by atoms with Crippen LogP contribution in [0.15, 0.2) is 18.2 Å². The van der Waals surface area contributed by atoms with E-state index < -0.39 is 5.60 Å². The first-order valence-electron chi connectivity index (χ1n) is 6.12. The Balaban J connectivity index is 2.13. The number of ether oxygens (including phenoxy) is 1. The van der Waals surface area contributed by atoms with Gasteiger partial charge in [0.1, 0.15) is 11.6 Å². The van der Waals surface area contributed by atoms with Gasteiger partial charge in [-0.05, 0) is 50.8 Å². The normalized spacial score (nSPS) is 16.7. The second-order valence-corrected chi connectivity index (χ2v) is 5.31. The molecule has 0 spiro atoms. The molecule has 1 aromatic carbocycles. The van der Waals surface area contributed by atoms with Crippen LogP contribution in [0.25, 0.3) is 0 Å². The standard InChI is InChI=1S/C14H19FO2/c1-14(2,16)12-8-11(15)6-7-13(12)17-9-10-4-3-5-10/h6-8,10,16H,3-5,9H2,1-2H3. The molecule has 3 heteroatoms. The maximum Gasteiger partial charge on any atom is 0.125 e. The monoisotopic (exact) mass is 238 g/mol. The lowest BCUT2D eigenvalue weighted by Gasteiger charge is -2.27. The molecule has 0 radical (unpaired) electrons. The molecule has 0 amide bonds. The van der Waals surface area contributed by atoms with E-state index in [1.165, 1.54) is 31.4 Å². The fourth-order valence-electron chi connectivity index (χ4n) is 1.97. The van der Waals surface area contributed by atoms with E-state index in [1.54, 1.807) is 19.9 Å². The van der Waals surface area contributed by atoms with Crippen molar-refractivity contribution in [3.8, 4) is 5.75 Å². The predicted octanol–water partition coefficient (Wildman–Crippen LogP) is 3.23. The first kappa shape index (κ1) is 12.4. The Hall–Kier alpha value is -1.09. The van der Waals surface area contributed by atoms with Crippen LogP contribution in [0.4, 0.5) is 4.39 Å². The maximum absolute atomic E-state index is 13.2. The quantitative estimate of drug-likeness (QED) is 0.872. The zero-order chi connectivity index (χ0) is 12.5. The SMILES string of the molecule is CC(C)(O)c1cc(F)ccc1OCC1CCC1. The van der Waals surface area contributed by atoms with Crippen molar-refractivity contribution in [3.63, 3.8) is 0 Å². The van der Waals surface area contributed by atoms with Gasteiger partial charge in [-0.1, -0.05) is 6.42 Å². The average molecular weight is 238 g/mol. The highest BCUT2D eigenvalue weighted by atomic mass is 19.1. The lowest BCUT2D eigenvalue weighted by Crippen LogP contribution is -2.22. The highest BCUT2D eigenvalue weighted by molar-refractivity contribution is 5.37. The van der Waals surface area contributed by atoms with E-state index in [2.05, 4.69) is 0 Å². The number of rotatable bonds is 4. The third-order valence-corrected chi connectivity index (χ3v) is 3.30. The van der Waals surface area contributed by atoms with Gasteiger partial charge in [-0.15, -0.1) is 0 Å². The van der Waals surface area contributed by atoms with Crippen LogP contribution in [-0.2, 0) is 5.60 Å². The lowest BCUT2D eigenvalue weighted by molar-refractivity contribution is 0.0723. The van der Waals surface area contributed by atoms with Gasteiger partial charge in [-0.2, -0.15) is 0 Å². The molecule has 94 valence electrons. The van der Waals surface area contributed by atoms with Crippen molar-refractivity contribution < 1.29 is 14.2 Å². The van der Waals surface area contributed by atoms with E-state index in [0.29, 0.717) is 23.8 Å². The molecule has 1 N–H and O–H groups in total. The van der Waals surface area contributed by atoms with Gasteiger partial charge in [0.2, 0.25) is 0 Å².